The number of aromatic nitrogens is 3. The van der Waals surface area contributed by atoms with Crippen LogP contribution in [0.4, 0.5) is 0 Å². The molecule has 0 bridgehead atoms. The number of H-pyrrole nitrogens is 1. The lowest BCUT2D eigenvalue weighted by molar-refractivity contribution is -0.156. The van der Waals surface area contributed by atoms with E-state index in [1.54, 1.807) is 32.0 Å². The molecule has 14 nitrogen and oxygen atoms in total. The van der Waals surface area contributed by atoms with Crippen molar-refractivity contribution in [3.05, 3.63) is 57.4 Å². The van der Waals surface area contributed by atoms with Gasteiger partial charge in [0.15, 0.2) is 12.3 Å². The number of nitrogens with one attached hydrogen (secondary N) is 1. The zero-order chi connectivity index (χ0) is 28.1. The molecular weight excluding hydrogens is 525 g/mol. The largest absolute Gasteiger partial charge is 0.530 e. The minimum absolute atomic E-state index is 0.0865. The molecule has 1 aromatic heterocycles. The topological polar surface area (TPSA) is 188 Å². The SMILES string of the molecule is CC#C[C@@]1(O)C(O)[C@@H](CO[P@](=O)(Oc2ccccc2)O[C@@H](C)C(=O)OC(C)C)O[C@H]1n1ncc(=O)[nH]c1=O. The molecule has 38 heavy (non-hydrogen) atoms. The summed E-state index contributed by atoms with van der Waals surface area (Å²) in [6.07, 6.45) is -6.01. The molecule has 3 N–H and O–H groups in total. The number of aliphatic hydroxyl groups excluding tert-OH is 1. The fourth-order valence-electron chi connectivity index (χ4n) is 3.43. The van der Waals surface area contributed by atoms with Gasteiger partial charge in [-0.2, -0.15) is 9.78 Å². The summed E-state index contributed by atoms with van der Waals surface area (Å²) in [7, 11) is -4.58. The second kappa shape index (κ2) is 12.0. The number of hydrogen-bond acceptors (Lipinski definition) is 12. The molecule has 0 aliphatic carbocycles. The van der Waals surface area contributed by atoms with Gasteiger partial charge in [-0.15, -0.1) is 5.92 Å². The molecular formula is C23H28N3O11P. The molecule has 1 aliphatic rings. The first-order valence-electron chi connectivity index (χ1n) is 11.4. The summed E-state index contributed by atoms with van der Waals surface area (Å²) >= 11 is 0. The van der Waals surface area contributed by atoms with Crippen LogP contribution in [0.2, 0.25) is 0 Å². The van der Waals surface area contributed by atoms with E-state index in [1.807, 2.05) is 4.98 Å². The number of aromatic amines is 1. The molecule has 0 radical (unpaired) electrons. The van der Waals surface area contributed by atoms with E-state index in [-0.39, 0.29) is 5.75 Å². The summed E-state index contributed by atoms with van der Waals surface area (Å²) in [5.41, 5.74) is -4.21. The summed E-state index contributed by atoms with van der Waals surface area (Å²) in [5.74, 6) is 4.08. The maximum Gasteiger partial charge on any atom is 0.530 e. The van der Waals surface area contributed by atoms with Crippen LogP contribution in [0.3, 0.4) is 0 Å². The van der Waals surface area contributed by atoms with Crippen LogP contribution in [-0.4, -0.2) is 67.6 Å². The van der Waals surface area contributed by atoms with Gasteiger partial charge in [-0.1, -0.05) is 24.1 Å². The Labute approximate surface area is 217 Å². The normalized spacial score (nSPS) is 25.2. The highest BCUT2D eigenvalue weighted by molar-refractivity contribution is 7.49. The summed E-state index contributed by atoms with van der Waals surface area (Å²) in [4.78, 5) is 37.9. The van der Waals surface area contributed by atoms with Gasteiger partial charge in [-0.3, -0.25) is 18.8 Å². The number of phosphoric ester groups is 1. The Kier molecular flexibility index (Phi) is 9.26. The van der Waals surface area contributed by atoms with Gasteiger partial charge >= 0.3 is 19.5 Å². The van der Waals surface area contributed by atoms with Crippen LogP contribution in [0.25, 0.3) is 0 Å². The maximum atomic E-state index is 13.6. The van der Waals surface area contributed by atoms with Crippen LogP contribution in [0.1, 0.15) is 33.9 Å². The quantitative estimate of drug-likeness (QED) is 0.210. The van der Waals surface area contributed by atoms with E-state index in [1.165, 1.54) is 26.0 Å². The van der Waals surface area contributed by atoms with Gasteiger partial charge in [0.1, 0.15) is 24.2 Å². The number of phosphoric acid groups is 1. The van der Waals surface area contributed by atoms with Crippen molar-refractivity contribution < 1.29 is 42.6 Å². The first kappa shape index (κ1) is 29.2. The summed E-state index contributed by atoms with van der Waals surface area (Å²) < 4.78 is 41.0. The Bertz CT molecular complexity index is 1350. The molecule has 15 heteroatoms. The number of ether oxygens (including phenoxy) is 2. The highest BCUT2D eigenvalue weighted by Gasteiger charge is 2.57. The number of hydrogen-bond donors (Lipinski definition) is 3. The van der Waals surface area contributed by atoms with Crippen LogP contribution < -0.4 is 15.8 Å². The van der Waals surface area contributed by atoms with Gasteiger partial charge in [0.05, 0.1) is 12.7 Å². The zero-order valence-corrected chi connectivity index (χ0v) is 21.9. The second-order valence-electron chi connectivity index (χ2n) is 8.44. The number of para-hydroxylation sites is 1. The standard InChI is InChI=1S/C23H28N3O11P/c1-5-11-23(31)19(28)17(35-21(23)26-22(30)25-18(27)12-24-26)13-33-38(32,37-16-9-7-6-8-10-16)36-15(4)20(29)34-14(2)3/h6-10,12,14-15,17,19,21,28,31H,13H2,1-4H3,(H,25,27,30)/t15-,17+,19?,21+,23+,38-/m0/s1. The van der Waals surface area contributed by atoms with Gasteiger partial charge in [0.2, 0.25) is 5.60 Å². The van der Waals surface area contributed by atoms with E-state index >= 15 is 0 Å². The van der Waals surface area contributed by atoms with Crippen LogP contribution in [0.15, 0.2) is 46.1 Å². The average molecular weight is 553 g/mol. The maximum absolute atomic E-state index is 13.6. The highest BCUT2D eigenvalue weighted by atomic mass is 31.2. The molecule has 3 rings (SSSR count). The predicted molar refractivity (Wildman–Crippen MR) is 130 cm³/mol. The summed E-state index contributed by atoms with van der Waals surface area (Å²) in [6, 6.07) is 7.83. The molecule has 0 saturated carbocycles. The zero-order valence-electron chi connectivity index (χ0n) is 21.0. The Hall–Kier alpha value is -3.31. The molecule has 1 fully saturated rings. The van der Waals surface area contributed by atoms with Crippen molar-refractivity contribution in [1.82, 2.24) is 14.8 Å². The van der Waals surface area contributed by atoms with E-state index in [0.717, 1.165) is 6.20 Å². The molecule has 206 valence electrons. The van der Waals surface area contributed by atoms with Crippen molar-refractivity contribution in [2.24, 2.45) is 0 Å². The third-order valence-corrected chi connectivity index (χ3v) is 6.57. The number of aliphatic hydroxyl groups is 2. The Balaban J connectivity index is 1.86. The van der Waals surface area contributed by atoms with Crippen molar-refractivity contribution in [2.45, 2.75) is 63.9 Å². The Morgan fingerprint density at radius 1 is 1.29 bits per heavy atom. The van der Waals surface area contributed by atoms with E-state index in [9.17, 15) is 29.2 Å². The number of carbonyl (C=O) groups excluding carboxylic acids is 1. The first-order chi connectivity index (χ1) is 17.9. The fourth-order valence-corrected chi connectivity index (χ4v) is 4.77. The predicted octanol–water partition coefficient (Wildman–Crippen LogP) is 0.505. The second-order valence-corrected chi connectivity index (χ2v) is 9.98. The average Bonchev–Trinajstić information content (AvgIpc) is 3.08. The minimum atomic E-state index is -4.58. The van der Waals surface area contributed by atoms with Crippen molar-refractivity contribution >= 4 is 13.8 Å². The molecule has 2 aromatic rings. The van der Waals surface area contributed by atoms with E-state index in [2.05, 4.69) is 16.9 Å². The van der Waals surface area contributed by atoms with Gasteiger partial charge < -0.3 is 24.2 Å². The number of benzene rings is 1. The van der Waals surface area contributed by atoms with Crippen molar-refractivity contribution in [2.75, 3.05) is 6.61 Å². The van der Waals surface area contributed by atoms with Crippen LogP contribution in [0.5, 0.6) is 5.75 Å². The number of rotatable bonds is 10. The van der Waals surface area contributed by atoms with Gasteiger partial charge in [-0.05, 0) is 39.8 Å². The molecule has 6 atom stereocenters. The number of carbonyl (C=O) groups is 1. The number of nitrogens with zero attached hydrogens (tertiary/aromatic N) is 2. The fraction of sp³-hybridized carbons (Fsp3) is 0.478. The first-order valence-corrected chi connectivity index (χ1v) is 12.9. The molecule has 0 spiro atoms. The molecule has 2 heterocycles. The summed E-state index contributed by atoms with van der Waals surface area (Å²) in [6.45, 7) is 5.20. The van der Waals surface area contributed by atoms with Crippen molar-refractivity contribution in [3.63, 3.8) is 0 Å². The van der Waals surface area contributed by atoms with Crippen molar-refractivity contribution in [3.8, 4) is 17.6 Å². The number of esters is 1. The third-order valence-electron chi connectivity index (χ3n) is 5.10. The smallest absolute Gasteiger partial charge is 0.461 e. The van der Waals surface area contributed by atoms with Crippen LogP contribution in [0, 0.1) is 11.8 Å². The van der Waals surface area contributed by atoms with Crippen LogP contribution in [-0.2, 0) is 27.9 Å². The van der Waals surface area contributed by atoms with Gasteiger partial charge in [-0.25, -0.2) is 14.2 Å². The van der Waals surface area contributed by atoms with E-state index < -0.39 is 67.9 Å². The molecule has 1 aromatic carbocycles. The van der Waals surface area contributed by atoms with E-state index in [4.69, 9.17) is 23.0 Å². The lowest BCUT2D eigenvalue weighted by Gasteiger charge is -2.25. The summed E-state index contributed by atoms with van der Waals surface area (Å²) in [5, 5.41) is 25.6. The lowest BCUT2D eigenvalue weighted by Crippen LogP contribution is -2.49. The minimum Gasteiger partial charge on any atom is -0.461 e. The Morgan fingerprint density at radius 2 is 1.97 bits per heavy atom. The monoisotopic (exact) mass is 553 g/mol. The van der Waals surface area contributed by atoms with Crippen molar-refractivity contribution in [1.29, 1.82) is 0 Å². The van der Waals surface area contributed by atoms with Crippen LogP contribution >= 0.6 is 7.82 Å². The molecule has 1 unspecified atom stereocenters. The third kappa shape index (κ3) is 6.76. The molecule has 1 aliphatic heterocycles. The Morgan fingerprint density at radius 3 is 2.58 bits per heavy atom. The lowest BCUT2D eigenvalue weighted by atomic mass is 9.95. The van der Waals surface area contributed by atoms with Gasteiger partial charge in [0, 0.05) is 0 Å². The molecule has 1 saturated heterocycles. The van der Waals surface area contributed by atoms with E-state index in [0.29, 0.717) is 4.68 Å². The molecule has 0 amide bonds. The van der Waals surface area contributed by atoms with Gasteiger partial charge in [0.25, 0.3) is 5.56 Å². The highest BCUT2D eigenvalue weighted by Crippen LogP contribution is 2.51.